The van der Waals surface area contributed by atoms with E-state index in [1.165, 1.54) is 25.7 Å². The van der Waals surface area contributed by atoms with Gasteiger partial charge in [0.05, 0.1) is 30.9 Å². The number of nitrogens with zero attached hydrogens (tertiary/aromatic N) is 4. The topological polar surface area (TPSA) is 74.5 Å². The third-order valence-electron chi connectivity index (χ3n) is 5.32. The van der Waals surface area contributed by atoms with Crippen LogP contribution in [0.5, 0.6) is 0 Å². The van der Waals surface area contributed by atoms with E-state index in [4.69, 9.17) is 5.10 Å². The number of nitrogens with one attached hydrogen (secondary N) is 2. The summed E-state index contributed by atoms with van der Waals surface area (Å²) >= 11 is 0. The molecule has 1 fully saturated rings. The molecule has 1 aromatic carbocycles. The lowest BCUT2D eigenvalue weighted by atomic mass is 10.1. The fourth-order valence-electron chi connectivity index (χ4n) is 3.49. The van der Waals surface area contributed by atoms with Gasteiger partial charge in [0.15, 0.2) is 5.96 Å². The van der Waals surface area contributed by atoms with Crippen molar-refractivity contribution in [1.29, 1.82) is 0 Å². The van der Waals surface area contributed by atoms with E-state index >= 15 is 0 Å². The largest absolute Gasteiger partial charge is 0.350 e. The molecule has 1 aliphatic carbocycles. The molecule has 0 spiro atoms. The van der Waals surface area contributed by atoms with Crippen LogP contribution in [0.15, 0.2) is 47.6 Å². The normalized spacial score (nSPS) is 15.4. The quantitative estimate of drug-likeness (QED) is 0.331. The van der Waals surface area contributed by atoms with Crippen molar-refractivity contribution >= 4 is 35.8 Å². The highest BCUT2D eigenvalue weighted by molar-refractivity contribution is 14.0. The summed E-state index contributed by atoms with van der Waals surface area (Å²) in [4.78, 5) is 18.2. The molecule has 1 heterocycles. The number of carbonyl (C=O) groups excluding carboxylic acids is 1. The van der Waals surface area contributed by atoms with Gasteiger partial charge < -0.3 is 15.5 Å². The maximum Gasteiger partial charge on any atom is 0.241 e. The number of guanidine groups is 1. The van der Waals surface area contributed by atoms with Crippen molar-refractivity contribution in [2.75, 3.05) is 20.6 Å². The highest BCUT2D eigenvalue weighted by Gasteiger charge is 2.17. The number of likely N-dealkylation sites (N-methyl/N-ethyl adjacent to an activating group) is 1. The van der Waals surface area contributed by atoms with Crippen molar-refractivity contribution in [2.24, 2.45) is 4.99 Å². The zero-order chi connectivity index (χ0) is 20.6. The van der Waals surface area contributed by atoms with Gasteiger partial charge in [-0.2, -0.15) is 5.10 Å². The smallest absolute Gasteiger partial charge is 0.241 e. The summed E-state index contributed by atoms with van der Waals surface area (Å²) in [7, 11) is 3.49. The maximum atomic E-state index is 12.0. The summed E-state index contributed by atoms with van der Waals surface area (Å²) in [5, 5.41) is 11.2. The van der Waals surface area contributed by atoms with E-state index in [1.807, 2.05) is 24.3 Å². The molecule has 1 aliphatic rings. The van der Waals surface area contributed by atoms with Crippen LogP contribution in [0.25, 0.3) is 0 Å². The first kappa shape index (κ1) is 24.2. The third kappa shape index (κ3) is 7.00. The number of halogens is 1. The molecule has 0 radical (unpaired) electrons. The average molecular weight is 524 g/mol. The third-order valence-corrected chi connectivity index (χ3v) is 5.32. The molecule has 3 rings (SSSR count). The van der Waals surface area contributed by atoms with Gasteiger partial charge in [-0.15, -0.1) is 24.0 Å². The van der Waals surface area contributed by atoms with Crippen LogP contribution < -0.4 is 10.6 Å². The number of carbonyl (C=O) groups is 1. The van der Waals surface area contributed by atoms with Gasteiger partial charge in [0.25, 0.3) is 0 Å². The summed E-state index contributed by atoms with van der Waals surface area (Å²) in [6.45, 7) is 2.73. The zero-order valence-electron chi connectivity index (χ0n) is 18.0. The average Bonchev–Trinajstić information content (AvgIpc) is 3.41. The highest BCUT2D eigenvalue weighted by atomic mass is 127. The number of rotatable bonds is 7. The second-order valence-corrected chi connectivity index (χ2v) is 7.81. The van der Waals surface area contributed by atoms with Crippen molar-refractivity contribution in [3.63, 3.8) is 0 Å². The van der Waals surface area contributed by atoms with Gasteiger partial charge in [-0.1, -0.05) is 43.2 Å². The number of amides is 1. The van der Waals surface area contributed by atoms with Gasteiger partial charge >= 0.3 is 0 Å². The van der Waals surface area contributed by atoms with Crippen LogP contribution in [0.4, 0.5) is 0 Å². The molecule has 2 N–H and O–H groups in total. The van der Waals surface area contributed by atoms with Crippen LogP contribution in [-0.2, 0) is 11.3 Å². The Bertz CT molecular complexity index is 814. The lowest BCUT2D eigenvalue weighted by molar-refractivity contribution is -0.127. The number of benzene rings is 1. The molecule has 1 atom stereocenters. The van der Waals surface area contributed by atoms with Crippen LogP contribution in [0, 0.1) is 0 Å². The van der Waals surface area contributed by atoms with Crippen molar-refractivity contribution in [3.8, 4) is 0 Å². The van der Waals surface area contributed by atoms with Crippen molar-refractivity contribution in [2.45, 2.75) is 51.2 Å². The zero-order valence-corrected chi connectivity index (χ0v) is 20.4. The van der Waals surface area contributed by atoms with Gasteiger partial charge in [0.2, 0.25) is 5.91 Å². The Hall–Kier alpha value is -2.10. The number of aromatic nitrogens is 2. The van der Waals surface area contributed by atoms with Gasteiger partial charge in [-0.3, -0.25) is 9.48 Å². The van der Waals surface area contributed by atoms with Gasteiger partial charge in [-0.25, -0.2) is 4.99 Å². The van der Waals surface area contributed by atoms with E-state index < -0.39 is 0 Å². The van der Waals surface area contributed by atoms with Crippen molar-refractivity contribution < 1.29 is 4.79 Å². The molecule has 30 heavy (non-hydrogen) atoms. The Labute approximate surface area is 196 Å². The molecule has 7 nitrogen and oxygen atoms in total. The van der Waals surface area contributed by atoms with E-state index in [9.17, 15) is 4.79 Å². The lowest BCUT2D eigenvalue weighted by Crippen LogP contribution is -2.43. The monoisotopic (exact) mass is 524 g/mol. The molecule has 0 aliphatic heterocycles. The van der Waals surface area contributed by atoms with E-state index in [0.29, 0.717) is 18.5 Å². The molecule has 1 aromatic heterocycles. The minimum absolute atomic E-state index is 0. The summed E-state index contributed by atoms with van der Waals surface area (Å²) in [5.74, 6) is 0.601. The highest BCUT2D eigenvalue weighted by Crippen LogP contribution is 2.28. The predicted molar refractivity (Wildman–Crippen MR) is 131 cm³/mol. The van der Waals surface area contributed by atoms with Gasteiger partial charge in [0, 0.05) is 20.3 Å². The van der Waals surface area contributed by atoms with E-state index in [0.717, 1.165) is 11.3 Å². The molecular formula is C22H33IN6O. The first-order valence-corrected chi connectivity index (χ1v) is 10.4. The Morgan fingerprint density at radius 3 is 2.60 bits per heavy atom. The molecule has 1 amide bonds. The van der Waals surface area contributed by atoms with Crippen molar-refractivity contribution in [1.82, 2.24) is 25.3 Å². The lowest BCUT2D eigenvalue weighted by Gasteiger charge is -2.19. The minimum atomic E-state index is -0.00243. The van der Waals surface area contributed by atoms with Crippen LogP contribution in [0.1, 0.15) is 55.9 Å². The van der Waals surface area contributed by atoms with E-state index in [-0.39, 0.29) is 42.5 Å². The molecule has 1 saturated carbocycles. The Balaban J connectivity index is 0.00000320. The minimum Gasteiger partial charge on any atom is -0.350 e. The predicted octanol–water partition coefficient (Wildman–Crippen LogP) is 3.50. The first-order chi connectivity index (χ1) is 14.0. The second kappa shape index (κ2) is 11.9. The SMILES string of the molecule is CC(NC(=NCc1ccn(C2CCCC2)n1)NCC(=O)N(C)C)c1ccccc1.I. The summed E-state index contributed by atoms with van der Waals surface area (Å²) in [6, 6.07) is 12.8. The van der Waals surface area contributed by atoms with Crippen LogP contribution >= 0.6 is 24.0 Å². The maximum absolute atomic E-state index is 12.0. The summed E-state index contributed by atoms with van der Waals surface area (Å²) in [5.41, 5.74) is 2.09. The number of aliphatic imine (C=N–C) groups is 1. The fourth-order valence-corrected chi connectivity index (χ4v) is 3.49. The molecular weight excluding hydrogens is 491 g/mol. The van der Waals surface area contributed by atoms with Gasteiger partial charge in [0.1, 0.15) is 0 Å². The Morgan fingerprint density at radius 2 is 1.93 bits per heavy atom. The molecule has 2 aromatic rings. The molecule has 0 bridgehead atoms. The fraction of sp³-hybridized carbons (Fsp3) is 0.500. The molecule has 164 valence electrons. The number of hydrogen-bond acceptors (Lipinski definition) is 3. The van der Waals surface area contributed by atoms with Crippen LogP contribution in [-0.4, -0.2) is 47.2 Å². The van der Waals surface area contributed by atoms with E-state index in [1.54, 1.807) is 19.0 Å². The summed E-state index contributed by atoms with van der Waals surface area (Å²) < 4.78 is 2.08. The second-order valence-electron chi connectivity index (χ2n) is 7.81. The van der Waals surface area contributed by atoms with Crippen LogP contribution in [0.3, 0.4) is 0 Å². The molecule has 1 unspecified atom stereocenters. The molecule has 0 saturated heterocycles. The van der Waals surface area contributed by atoms with Gasteiger partial charge in [-0.05, 0) is 31.4 Å². The number of hydrogen-bond donors (Lipinski definition) is 2. The Kier molecular flexibility index (Phi) is 9.61. The van der Waals surface area contributed by atoms with Crippen LogP contribution in [0.2, 0.25) is 0 Å². The molecule has 8 heteroatoms. The standard InChI is InChI=1S/C22H32N6O.HI/c1-17(18-9-5-4-6-10-18)25-22(24-16-21(29)27(2)3)23-15-19-13-14-28(26-19)20-11-7-8-12-20;/h4-6,9-10,13-14,17,20H,7-8,11-12,15-16H2,1-3H3,(H2,23,24,25);1H. The first-order valence-electron chi connectivity index (χ1n) is 10.4. The van der Waals surface area contributed by atoms with Crippen molar-refractivity contribution in [3.05, 3.63) is 53.9 Å². The van der Waals surface area contributed by atoms with E-state index in [2.05, 4.69) is 45.6 Å². The summed E-state index contributed by atoms with van der Waals surface area (Å²) in [6.07, 6.45) is 7.05. The Morgan fingerprint density at radius 1 is 1.23 bits per heavy atom.